The fourth-order valence-corrected chi connectivity index (χ4v) is 3.41. The first-order valence-corrected chi connectivity index (χ1v) is 9.40. The monoisotopic (exact) mass is 364 g/mol. The highest BCUT2D eigenvalue weighted by molar-refractivity contribution is 7.99. The fourth-order valence-electron chi connectivity index (χ4n) is 2.69. The molecule has 5 heteroatoms. The zero-order chi connectivity index (χ0) is 18.2. The number of hydrogen-bond donors (Lipinski definition) is 1. The first-order valence-electron chi connectivity index (χ1n) is 8.41. The van der Waals surface area contributed by atoms with Crippen LogP contribution in [0.15, 0.2) is 90.1 Å². The van der Waals surface area contributed by atoms with Crippen LogP contribution in [0.3, 0.4) is 0 Å². The average Bonchev–Trinajstić information content (AvgIpc) is 2.68. The number of aromatic nitrogens is 1. The van der Waals surface area contributed by atoms with Crippen molar-refractivity contribution in [3.63, 3.8) is 0 Å². The van der Waals surface area contributed by atoms with Gasteiger partial charge in [0.05, 0.1) is 11.8 Å². The van der Waals surface area contributed by atoms with E-state index in [0.29, 0.717) is 11.4 Å². The highest BCUT2D eigenvalue weighted by Gasteiger charge is 2.16. The molecule has 0 spiro atoms. The second kappa shape index (κ2) is 9.06. The number of carbonyl (C=O) groups is 1. The lowest BCUT2D eigenvalue weighted by Crippen LogP contribution is -2.32. The summed E-state index contributed by atoms with van der Waals surface area (Å²) in [6.07, 6.45) is 2.15. The Morgan fingerprint density at radius 2 is 1.62 bits per heavy atom. The van der Waals surface area contributed by atoms with Gasteiger partial charge in [-0.15, -0.1) is 0 Å². The molecule has 1 heterocycles. The molecular weight excluding hydrogens is 344 g/mol. The molecule has 0 aliphatic rings. The van der Waals surface area contributed by atoms with Gasteiger partial charge in [-0.1, -0.05) is 60.7 Å². The molecule has 1 atom stereocenters. The third kappa shape index (κ3) is 5.10. The van der Waals surface area contributed by atoms with E-state index in [0.717, 1.165) is 15.9 Å². The molecule has 0 aliphatic heterocycles. The van der Waals surface area contributed by atoms with Crippen molar-refractivity contribution in [3.8, 4) is 0 Å². The summed E-state index contributed by atoms with van der Waals surface area (Å²) in [7, 11) is 0. The van der Waals surface area contributed by atoms with E-state index in [1.807, 2.05) is 48.5 Å². The van der Waals surface area contributed by atoms with Crippen LogP contribution in [-0.2, 0) is 11.2 Å². The van der Waals surface area contributed by atoms with E-state index in [2.05, 4.69) is 17.4 Å². The van der Waals surface area contributed by atoms with Crippen LogP contribution in [0.5, 0.6) is 0 Å². The third-order valence-corrected chi connectivity index (χ3v) is 4.98. The van der Waals surface area contributed by atoms with Crippen molar-refractivity contribution in [1.82, 2.24) is 5.32 Å². The van der Waals surface area contributed by atoms with E-state index in [1.54, 1.807) is 18.2 Å². The molecule has 4 nitrogen and oxygen atoms in total. The Kier molecular flexibility index (Phi) is 6.28. The van der Waals surface area contributed by atoms with E-state index >= 15 is 0 Å². The third-order valence-electron chi connectivity index (χ3n) is 3.96. The standard InChI is InChI=1S/C21H20N2O2S/c24-20(16-26-21-13-7-8-14-23(21)25)22-19(18-11-5-2-6-12-18)15-17-9-3-1-4-10-17/h1-14,19H,15-16H2,(H,22,24)/t19-/m1/s1. The molecule has 1 amide bonds. The average molecular weight is 364 g/mol. The molecule has 2 aromatic carbocycles. The van der Waals surface area contributed by atoms with Crippen LogP contribution >= 0.6 is 11.8 Å². The molecule has 0 saturated heterocycles. The summed E-state index contributed by atoms with van der Waals surface area (Å²) in [6.45, 7) is 0. The van der Waals surface area contributed by atoms with Crippen molar-refractivity contribution in [3.05, 3.63) is 101 Å². The molecule has 132 valence electrons. The Bertz CT molecular complexity index is 841. The van der Waals surface area contributed by atoms with E-state index < -0.39 is 0 Å². The van der Waals surface area contributed by atoms with Crippen molar-refractivity contribution in [2.45, 2.75) is 17.5 Å². The molecule has 1 N–H and O–H groups in total. The molecule has 0 aliphatic carbocycles. The Labute approximate surface area is 157 Å². The van der Waals surface area contributed by atoms with Crippen molar-refractivity contribution in [2.75, 3.05) is 5.75 Å². The number of thioether (sulfide) groups is 1. The number of rotatable bonds is 7. The molecule has 26 heavy (non-hydrogen) atoms. The van der Waals surface area contributed by atoms with E-state index in [1.165, 1.54) is 18.0 Å². The zero-order valence-corrected chi connectivity index (χ0v) is 15.1. The summed E-state index contributed by atoms with van der Waals surface area (Å²) in [5.74, 6) is 0.105. The van der Waals surface area contributed by atoms with Gasteiger partial charge in [0.2, 0.25) is 5.91 Å². The maximum atomic E-state index is 12.5. The number of hydrogen-bond acceptors (Lipinski definition) is 3. The Balaban J connectivity index is 1.67. The maximum Gasteiger partial charge on any atom is 0.251 e. The number of nitrogens with one attached hydrogen (secondary N) is 1. The number of pyridine rings is 1. The van der Waals surface area contributed by atoms with Gasteiger partial charge in [-0.2, -0.15) is 4.73 Å². The number of nitrogens with zero attached hydrogens (tertiary/aromatic N) is 1. The summed E-state index contributed by atoms with van der Waals surface area (Å²) < 4.78 is 0.774. The van der Waals surface area contributed by atoms with Gasteiger partial charge in [-0.25, -0.2) is 0 Å². The topological polar surface area (TPSA) is 56.0 Å². The van der Waals surface area contributed by atoms with Crippen molar-refractivity contribution >= 4 is 17.7 Å². The van der Waals surface area contributed by atoms with Gasteiger partial charge in [0.25, 0.3) is 5.03 Å². The SMILES string of the molecule is O=C(CSc1cccc[n+]1[O-])N[C@H](Cc1ccccc1)c1ccccc1. The summed E-state index contributed by atoms with van der Waals surface area (Å²) in [4.78, 5) is 12.5. The van der Waals surface area contributed by atoms with Gasteiger partial charge in [0.1, 0.15) is 0 Å². The molecule has 0 radical (unpaired) electrons. The van der Waals surface area contributed by atoms with Crippen LogP contribution in [0.2, 0.25) is 0 Å². The predicted octanol–water partition coefficient (Wildman–Crippen LogP) is 3.51. The van der Waals surface area contributed by atoms with Gasteiger partial charge in [0.15, 0.2) is 6.20 Å². The van der Waals surface area contributed by atoms with E-state index in [9.17, 15) is 10.0 Å². The van der Waals surface area contributed by atoms with Crippen molar-refractivity contribution in [1.29, 1.82) is 0 Å². The van der Waals surface area contributed by atoms with Gasteiger partial charge >= 0.3 is 0 Å². The molecule has 3 aromatic rings. The van der Waals surface area contributed by atoms with Crippen LogP contribution in [0.4, 0.5) is 0 Å². The lowest BCUT2D eigenvalue weighted by molar-refractivity contribution is -0.645. The first-order chi connectivity index (χ1) is 12.7. The van der Waals surface area contributed by atoms with E-state index in [4.69, 9.17) is 0 Å². The summed E-state index contributed by atoms with van der Waals surface area (Å²) in [5, 5.41) is 15.3. The van der Waals surface area contributed by atoms with Crippen LogP contribution in [0.25, 0.3) is 0 Å². The smallest absolute Gasteiger partial charge is 0.251 e. The number of benzene rings is 2. The molecular formula is C21H20N2O2S. The van der Waals surface area contributed by atoms with Crippen molar-refractivity contribution in [2.24, 2.45) is 0 Å². The van der Waals surface area contributed by atoms with Gasteiger partial charge in [-0.3, -0.25) is 4.79 Å². The van der Waals surface area contributed by atoms with Gasteiger partial charge in [0, 0.05) is 12.1 Å². The Morgan fingerprint density at radius 1 is 0.962 bits per heavy atom. The maximum absolute atomic E-state index is 12.5. The molecule has 0 saturated carbocycles. The van der Waals surface area contributed by atoms with Crippen LogP contribution in [-0.4, -0.2) is 11.7 Å². The summed E-state index contributed by atoms with van der Waals surface area (Å²) in [6, 6.07) is 25.1. The quantitative estimate of drug-likeness (QED) is 0.396. The van der Waals surface area contributed by atoms with E-state index in [-0.39, 0.29) is 17.7 Å². The minimum atomic E-state index is -0.109. The highest BCUT2D eigenvalue weighted by Crippen LogP contribution is 2.19. The zero-order valence-electron chi connectivity index (χ0n) is 14.2. The minimum Gasteiger partial charge on any atom is -0.618 e. The lowest BCUT2D eigenvalue weighted by Gasteiger charge is -2.19. The number of carbonyl (C=O) groups excluding carboxylic acids is 1. The largest absolute Gasteiger partial charge is 0.618 e. The fraction of sp³-hybridized carbons (Fsp3) is 0.143. The van der Waals surface area contributed by atoms with Crippen LogP contribution < -0.4 is 10.0 Å². The minimum absolute atomic E-state index is 0.0939. The van der Waals surface area contributed by atoms with Crippen LogP contribution in [0.1, 0.15) is 17.2 Å². The first kappa shape index (κ1) is 18.0. The van der Waals surface area contributed by atoms with Gasteiger partial charge < -0.3 is 10.5 Å². The molecule has 0 unspecified atom stereocenters. The van der Waals surface area contributed by atoms with Crippen LogP contribution in [0, 0.1) is 5.21 Å². The lowest BCUT2D eigenvalue weighted by atomic mass is 9.99. The molecule has 0 fully saturated rings. The Hall–Kier alpha value is -2.79. The summed E-state index contributed by atoms with van der Waals surface area (Å²) in [5.41, 5.74) is 2.23. The second-order valence-corrected chi connectivity index (χ2v) is 6.87. The normalized spacial score (nSPS) is 11.7. The molecule has 3 rings (SSSR count). The molecule has 0 bridgehead atoms. The molecule has 1 aromatic heterocycles. The second-order valence-electron chi connectivity index (χ2n) is 5.87. The predicted molar refractivity (Wildman–Crippen MR) is 104 cm³/mol. The Morgan fingerprint density at radius 3 is 2.31 bits per heavy atom. The van der Waals surface area contributed by atoms with Gasteiger partial charge in [-0.05, 0) is 35.4 Å². The summed E-state index contributed by atoms with van der Waals surface area (Å²) >= 11 is 1.24. The van der Waals surface area contributed by atoms with Crippen molar-refractivity contribution < 1.29 is 9.52 Å². The highest BCUT2D eigenvalue weighted by atomic mass is 32.2. The number of amides is 1.